The molecule has 0 fully saturated rings. The molecule has 0 aliphatic rings. The van der Waals surface area contributed by atoms with E-state index in [0.717, 1.165) is 11.3 Å². The molecule has 0 spiro atoms. The Hall–Kier alpha value is -1.40. The highest BCUT2D eigenvalue weighted by molar-refractivity contribution is 5.77. The van der Waals surface area contributed by atoms with Crippen LogP contribution in [-0.2, 0) is 16.1 Å². The lowest BCUT2D eigenvalue weighted by Gasteiger charge is -2.05. The first-order chi connectivity index (χ1) is 7.74. The molecule has 0 saturated carbocycles. The Labute approximate surface area is 94.8 Å². The van der Waals surface area contributed by atoms with Crippen molar-refractivity contribution in [1.29, 1.82) is 0 Å². The number of ether oxygens (including phenoxy) is 1. The molecule has 1 rings (SSSR count). The van der Waals surface area contributed by atoms with Gasteiger partial charge in [0.2, 0.25) is 5.91 Å². The van der Waals surface area contributed by atoms with Crippen LogP contribution in [0.25, 0.3) is 0 Å². The predicted molar refractivity (Wildman–Crippen MR) is 59.9 cm³/mol. The number of H-pyrrole nitrogens is 1. The van der Waals surface area contributed by atoms with Crippen LogP contribution in [0.2, 0.25) is 0 Å². The number of methoxy groups -OCH3 is 1. The summed E-state index contributed by atoms with van der Waals surface area (Å²) in [6.45, 7) is 4.02. The van der Waals surface area contributed by atoms with E-state index in [9.17, 15) is 4.79 Å². The SMILES string of the molecule is COCCNCC(=O)NCc1cn[nH]c1C. The van der Waals surface area contributed by atoms with Gasteiger partial charge in [-0.05, 0) is 6.92 Å². The van der Waals surface area contributed by atoms with E-state index in [4.69, 9.17) is 4.74 Å². The third-order valence-electron chi connectivity index (χ3n) is 2.18. The van der Waals surface area contributed by atoms with E-state index >= 15 is 0 Å². The van der Waals surface area contributed by atoms with E-state index in [1.807, 2.05) is 6.92 Å². The summed E-state index contributed by atoms with van der Waals surface area (Å²) in [7, 11) is 1.63. The smallest absolute Gasteiger partial charge is 0.234 e. The van der Waals surface area contributed by atoms with Gasteiger partial charge in [0.05, 0.1) is 19.3 Å². The standard InChI is InChI=1S/C10H18N4O2/c1-8-9(6-13-14-8)5-12-10(15)7-11-3-4-16-2/h6,11H,3-5,7H2,1-2H3,(H,12,15)(H,13,14). The van der Waals surface area contributed by atoms with Crippen molar-refractivity contribution in [1.82, 2.24) is 20.8 Å². The maximum atomic E-state index is 11.4. The topological polar surface area (TPSA) is 79.0 Å². The lowest BCUT2D eigenvalue weighted by Crippen LogP contribution is -2.34. The number of hydrogen-bond acceptors (Lipinski definition) is 4. The van der Waals surface area contributed by atoms with E-state index in [0.29, 0.717) is 26.2 Å². The van der Waals surface area contributed by atoms with Crippen molar-refractivity contribution in [3.63, 3.8) is 0 Å². The summed E-state index contributed by atoms with van der Waals surface area (Å²) in [5, 5.41) is 12.5. The molecule has 6 nitrogen and oxygen atoms in total. The van der Waals surface area contributed by atoms with E-state index in [1.165, 1.54) is 0 Å². The molecular formula is C10H18N4O2. The van der Waals surface area contributed by atoms with Gasteiger partial charge in [-0.2, -0.15) is 5.10 Å². The lowest BCUT2D eigenvalue weighted by molar-refractivity contribution is -0.120. The van der Waals surface area contributed by atoms with Crippen molar-refractivity contribution in [3.05, 3.63) is 17.5 Å². The van der Waals surface area contributed by atoms with Crippen LogP contribution in [0.5, 0.6) is 0 Å². The normalized spacial score (nSPS) is 10.4. The van der Waals surface area contributed by atoms with Gasteiger partial charge in [0, 0.05) is 31.5 Å². The van der Waals surface area contributed by atoms with Crippen LogP contribution in [-0.4, -0.2) is 42.9 Å². The fourth-order valence-electron chi connectivity index (χ4n) is 1.19. The molecular weight excluding hydrogens is 208 g/mol. The second-order valence-corrected chi connectivity index (χ2v) is 3.47. The Morgan fingerprint density at radius 3 is 3.06 bits per heavy atom. The Kier molecular flexibility index (Phi) is 5.52. The zero-order chi connectivity index (χ0) is 11.8. The van der Waals surface area contributed by atoms with Gasteiger partial charge in [0.15, 0.2) is 0 Å². The Morgan fingerprint density at radius 1 is 1.62 bits per heavy atom. The summed E-state index contributed by atoms with van der Waals surface area (Å²) in [5.74, 6) is -0.0308. The predicted octanol–water partition coefficient (Wildman–Crippen LogP) is -0.430. The van der Waals surface area contributed by atoms with Gasteiger partial charge in [-0.1, -0.05) is 0 Å². The van der Waals surface area contributed by atoms with E-state index in [2.05, 4.69) is 20.8 Å². The van der Waals surface area contributed by atoms with Crippen molar-refractivity contribution in [2.75, 3.05) is 26.8 Å². The van der Waals surface area contributed by atoms with Crippen molar-refractivity contribution >= 4 is 5.91 Å². The molecule has 0 aliphatic carbocycles. The molecule has 0 atom stereocenters. The largest absolute Gasteiger partial charge is 0.383 e. The minimum atomic E-state index is -0.0308. The quantitative estimate of drug-likeness (QED) is 0.551. The number of nitrogens with one attached hydrogen (secondary N) is 3. The molecule has 0 aromatic carbocycles. The monoisotopic (exact) mass is 226 g/mol. The van der Waals surface area contributed by atoms with Gasteiger partial charge in [-0.15, -0.1) is 0 Å². The fourth-order valence-corrected chi connectivity index (χ4v) is 1.19. The van der Waals surface area contributed by atoms with Crippen molar-refractivity contribution in [2.45, 2.75) is 13.5 Å². The van der Waals surface area contributed by atoms with E-state index in [-0.39, 0.29) is 5.91 Å². The Balaban J connectivity index is 2.13. The van der Waals surface area contributed by atoms with Gasteiger partial charge >= 0.3 is 0 Å². The van der Waals surface area contributed by atoms with Gasteiger partial charge in [0.25, 0.3) is 0 Å². The second-order valence-electron chi connectivity index (χ2n) is 3.47. The highest BCUT2D eigenvalue weighted by Crippen LogP contribution is 2.00. The summed E-state index contributed by atoms with van der Waals surface area (Å²) in [5.41, 5.74) is 1.98. The van der Waals surface area contributed by atoms with Crippen molar-refractivity contribution < 1.29 is 9.53 Å². The van der Waals surface area contributed by atoms with Gasteiger partial charge in [-0.25, -0.2) is 0 Å². The summed E-state index contributed by atoms with van der Waals surface area (Å²) in [6.07, 6.45) is 1.72. The van der Waals surface area contributed by atoms with E-state index in [1.54, 1.807) is 13.3 Å². The van der Waals surface area contributed by atoms with Gasteiger partial charge in [0.1, 0.15) is 0 Å². The van der Waals surface area contributed by atoms with Crippen LogP contribution in [0, 0.1) is 6.92 Å². The van der Waals surface area contributed by atoms with Crippen LogP contribution in [0.15, 0.2) is 6.20 Å². The van der Waals surface area contributed by atoms with Crippen LogP contribution in [0.3, 0.4) is 0 Å². The molecule has 90 valence electrons. The maximum absolute atomic E-state index is 11.4. The molecule has 1 aromatic rings. The zero-order valence-electron chi connectivity index (χ0n) is 9.67. The number of aromatic amines is 1. The Bertz CT molecular complexity index is 324. The first-order valence-corrected chi connectivity index (χ1v) is 5.19. The van der Waals surface area contributed by atoms with Gasteiger partial charge in [-0.3, -0.25) is 9.89 Å². The first-order valence-electron chi connectivity index (χ1n) is 5.19. The van der Waals surface area contributed by atoms with E-state index < -0.39 is 0 Å². The zero-order valence-corrected chi connectivity index (χ0v) is 9.67. The number of aryl methyl sites for hydroxylation is 1. The first kappa shape index (κ1) is 12.7. The summed E-state index contributed by atoms with van der Waals surface area (Å²) < 4.78 is 4.85. The number of amides is 1. The number of carbonyl (C=O) groups excluding carboxylic acids is 1. The molecule has 0 aliphatic heterocycles. The molecule has 1 heterocycles. The number of rotatable bonds is 7. The minimum Gasteiger partial charge on any atom is -0.383 e. The Morgan fingerprint density at radius 2 is 2.44 bits per heavy atom. The highest BCUT2D eigenvalue weighted by Gasteiger charge is 2.03. The molecule has 3 N–H and O–H groups in total. The summed E-state index contributed by atoms with van der Waals surface area (Å²) in [6, 6.07) is 0. The number of nitrogens with zero attached hydrogens (tertiary/aromatic N) is 1. The maximum Gasteiger partial charge on any atom is 0.234 e. The number of carbonyl (C=O) groups is 1. The molecule has 1 aromatic heterocycles. The molecule has 0 bridgehead atoms. The number of aromatic nitrogens is 2. The molecule has 16 heavy (non-hydrogen) atoms. The third-order valence-corrected chi connectivity index (χ3v) is 2.18. The average molecular weight is 226 g/mol. The summed E-state index contributed by atoms with van der Waals surface area (Å²) >= 11 is 0. The van der Waals surface area contributed by atoms with Crippen LogP contribution < -0.4 is 10.6 Å². The molecule has 0 unspecified atom stereocenters. The molecule has 1 amide bonds. The van der Waals surface area contributed by atoms with Crippen molar-refractivity contribution in [3.8, 4) is 0 Å². The number of hydrogen-bond donors (Lipinski definition) is 3. The molecule has 0 radical (unpaired) electrons. The summed E-state index contributed by atoms with van der Waals surface area (Å²) in [4.78, 5) is 11.4. The van der Waals surface area contributed by atoms with Crippen LogP contribution in [0.4, 0.5) is 0 Å². The minimum absolute atomic E-state index is 0.0308. The van der Waals surface area contributed by atoms with Gasteiger partial charge < -0.3 is 15.4 Å². The molecule has 0 saturated heterocycles. The highest BCUT2D eigenvalue weighted by atomic mass is 16.5. The third kappa shape index (κ3) is 4.41. The molecule has 6 heteroatoms. The second kappa shape index (κ2) is 6.97. The lowest BCUT2D eigenvalue weighted by atomic mass is 10.2. The van der Waals surface area contributed by atoms with Crippen LogP contribution >= 0.6 is 0 Å². The average Bonchev–Trinajstić information content (AvgIpc) is 2.67. The fraction of sp³-hybridized carbons (Fsp3) is 0.600. The van der Waals surface area contributed by atoms with Crippen LogP contribution in [0.1, 0.15) is 11.3 Å². The van der Waals surface area contributed by atoms with Crippen molar-refractivity contribution in [2.24, 2.45) is 0 Å².